The average molecular weight is 723 g/mol. The third-order valence-corrected chi connectivity index (χ3v) is 27.1. The number of hydrogen-bond acceptors (Lipinski definition) is 4. The molecule has 2 fully saturated rings. The molecule has 2 aliphatic heterocycles. The first kappa shape index (κ1) is 36.0. The summed E-state index contributed by atoms with van der Waals surface area (Å²) >= 11 is 0.333. The standard InChI is InChI=1S/C30H56N2O4Se2Si2/c1-19(2)17-31-25(33)23(21(5)35-39(13,14)29(7,8)9)27(31)37-38-28-24(26(34)32(28)18-20(3)4)22(6)36-40(15,16)30(10,11)12/h21-24,27-28H,1,3,17-18H2,2,4-16H3/t21-,22-,23+,24+,27-,28-/m1/s1. The normalized spacial score (nSPS) is 25.9. The zero-order valence-corrected chi connectivity index (χ0v) is 33.1. The molecule has 6 nitrogen and oxygen atoms in total. The number of hydrogen-bond donors (Lipinski definition) is 0. The van der Waals surface area contributed by atoms with E-state index in [9.17, 15) is 9.59 Å². The number of β-lactam (4-membered cyclic amide) rings is 2. The summed E-state index contributed by atoms with van der Waals surface area (Å²) in [5, 5.41) is 0.164. The fourth-order valence-electron chi connectivity index (χ4n) is 4.65. The Labute approximate surface area is 258 Å². The molecule has 0 aromatic rings. The summed E-state index contributed by atoms with van der Waals surface area (Å²) in [6.07, 6.45) is -0.243. The van der Waals surface area contributed by atoms with E-state index in [1.165, 1.54) is 0 Å². The maximum absolute atomic E-state index is 13.4. The monoisotopic (exact) mass is 724 g/mol. The second-order valence-electron chi connectivity index (χ2n) is 15.0. The molecule has 10 heteroatoms. The second kappa shape index (κ2) is 12.8. The molecule has 0 unspecified atom stereocenters. The van der Waals surface area contributed by atoms with Gasteiger partial charge >= 0.3 is 260 Å². The number of likely N-dealkylation sites (tertiary alicyclic amines) is 2. The first-order valence-corrected chi connectivity index (χ1v) is 26.6. The predicted molar refractivity (Wildman–Crippen MR) is 175 cm³/mol. The fraction of sp³-hybridized carbons (Fsp3) is 0.800. The third-order valence-electron chi connectivity index (χ3n) is 9.08. The molecular formula is C30H56N2O4Se2Si2. The molecule has 0 aromatic heterocycles. The van der Waals surface area contributed by atoms with Gasteiger partial charge in [0.15, 0.2) is 0 Å². The zero-order valence-electron chi connectivity index (χ0n) is 27.6. The number of amides is 2. The van der Waals surface area contributed by atoms with Gasteiger partial charge in [-0.2, -0.15) is 0 Å². The van der Waals surface area contributed by atoms with Crippen LogP contribution in [-0.2, 0) is 18.4 Å². The van der Waals surface area contributed by atoms with Crippen LogP contribution in [-0.4, -0.2) is 99.7 Å². The van der Waals surface area contributed by atoms with Crippen LogP contribution in [0.1, 0.15) is 69.2 Å². The Balaban J connectivity index is 2.27. The van der Waals surface area contributed by atoms with Crippen molar-refractivity contribution >= 4 is 54.7 Å². The van der Waals surface area contributed by atoms with Gasteiger partial charge in [0.2, 0.25) is 0 Å². The van der Waals surface area contributed by atoms with Crippen molar-refractivity contribution in [1.29, 1.82) is 0 Å². The van der Waals surface area contributed by atoms with E-state index in [2.05, 4.69) is 94.7 Å². The average Bonchev–Trinajstić information content (AvgIpc) is 2.74. The Bertz CT molecular complexity index is 911. The molecule has 0 aromatic carbocycles. The van der Waals surface area contributed by atoms with Crippen LogP contribution in [0.15, 0.2) is 24.3 Å². The molecule has 0 radical (unpaired) electrons. The Kier molecular flexibility index (Phi) is 11.5. The van der Waals surface area contributed by atoms with Crippen LogP contribution in [0.4, 0.5) is 0 Å². The van der Waals surface area contributed by atoms with Gasteiger partial charge in [0.05, 0.1) is 0 Å². The van der Waals surface area contributed by atoms with E-state index in [1.807, 2.05) is 23.6 Å². The van der Waals surface area contributed by atoms with Gasteiger partial charge in [-0.1, -0.05) is 0 Å². The quantitative estimate of drug-likeness (QED) is 0.136. The molecule has 0 bridgehead atoms. The molecule has 2 rings (SSSR count). The molecule has 40 heavy (non-hydrogen) atoms. The van der Waals surface area contributed by atoms with Crippen LogP contribution >= 0.6 is 0 Å². The van der Waals surface area contributed by atoms with Crippen molar-refractivity contribution in [3.63, 3.8) is 0 Å². The topological polar surface area (TPSA) is 59.1 Å². The summed E-state index contributed by atoms with van der Waals surface area (Å²) in [5.41, 5.74) is 1.99. The van der Waals surface area contributed by atoms with Gasteiger partial charge in [-0.05, 0) is 0 Å². The van der Waals surface area contributed by atoms with Crippen molar-refractivity contribution in [1.82, 2.24) is 9.80 Å². The van der Waals surface area contributed by atoms with E-state index in [0.717, 1.165) is 11.1 Å². The number of nitrogens with zero attached hydrogens (tertiary/aromatic N) is 2. The Morgan fingerprint density at radius 2 is 1.02 bits per heavy atom. The van der Waals surface area contributed by atoms with Crippen molar-refractivity contribution in [2.45, 2.75) is 128 Å². The van der Waals surface area contributed by atoms with Crippen LogP contribution in [0.25, 0.3) is 0 Å². The molecule has 0 saturated carbocycles. The summed E-state index contributed by atoms with van der Waals surface area (Å²) < 4.78 is 13.5. The van der Waals surface area contributed by atoms with Crippen LogP contribution < -0.4 is 0 Å². The van der Waals surface area contributed by atoms with Crippen molar-refractivity contribution < 1.29 is 18.4 Å². The SMILES string of the molecule is C=C(C)CN1C(=O)[C@H]([C@@H](C)O[Si](C)(C)C(C)(C)C)[C@H]1[Se][Se][C@@H]1[C@@H]([C@@H](C)O[Si](C)(C)C(C)(C)C)C(=O)N1CC(=C)C. The molecule has 0 aliphatic carbocycles. The molecule has 2 heterocycles. The van der Waals surface area contributed by atoms with E-state index in [4.69, 9.17) is 8.85 Å². The minimum absolute atomic E-state index is 0.0822. The summed E-state index contributed by atoms with van der Waals surface area (Å²) in [6, 6.07) is 0. The van der Waals surface area contributed by atoms with E-state index >= 15 is 0 Å². The predicted octanol–water partition coefficient (Wildman–Crippen LogP) is 5.85. The summed E-state index contributed by atoms with van der Waals surface area (Å²) in [4.78, 5) is 31.3. The molecule has 2 amide bonds. The van der Waals surface area contributed by atoms with Crippen molar-refractivity contribution in [2.75, 3.05) is 13.1 Å². The summed E-state index contributed by atoms with van der Waals surface area (Å²) in [6.45, 7) is 40.0. The van der Waals surface area contributed by atoms with E-state index in [-0.39, 0.29) is 82.1 Å². The van der Waals surface area contributed by atoms with Gasteiger partial charge in [0, 0.05) is 0 Å². The Morgan fingerprint density at radius 3 is 1.25 bits per heavy atom. The molecule has 0 spiro atoms. The minimum atomic E-state index is -2.02. The Morgan fingerprint density at radius 1 is 0.750 bits per heavy atom. The molecule has 2 saturated heterocycles. The second-order valence-corrected chi connectivity index (χ2v) is 31.6. The van der Waals surface area contributed by atoms with E-state index in [0.29, 0.717) is 13.1 Å². The number of carbonyl (C=O) groups excluding carboxylic acids is 2. The molecule has 2 aliphatic rings. The van der Waals surface area contributed by atoms with Crippen molar-refractivity contribution in [3.8, 4) is 0 Å². The fourth-order valence-corrected chi connectivity index (χ4v) is 18.4. The van der Waals surface area contributed by atoms with Gasteiger partial charge in [-0.25, -0.2) is 0 Å². The van der Waals surface area contributed by atoms with Crippen LogP contribution in [0.3, 0.4) is 0 Å². The van der Waals surface area contributed by atoms with Gasteiger partial charge in [0.1, 0.15) is 0 Å². The van der Waals surface area contributed by atoms with E-state index < -0.39 is 16.6 Å². The van der Waals surface area contributed by atoms with Gasteiger partial charge in [-0.3, -0.25) is 0 Å². The maximum atomic E-state index is 13.4. The summed E-state index contributed by atoms with van der Waals surface area (Å²) in [5.74, 6) is 0.123. The van der Waals surface area contributed by atoms with Crippen LogP contribution in [0.5, 0.6) is 0 Å². The number of rotatable bonds is 13. The van der Waals surface area contributed by atoms with Crippen LogP contribution in [0, 0.1) is 11.8 Å². The first-order valence-electron chi connectivity index (χ1n) is 14.5. The van der Waals surface area contributed by atoms with Gasteiger partial charge in [0.25, 0.3) is 0 Å². The molecule has 230 valence electrons. The molecular weight excluding hydrogens is 666 g/mol. The third kappa shape index (κ3) is 7.85. The van der Waals surface area contributed by atoms with Gasteiger partial charge in [-0.15, -0.1) is 0 Å². The van der Waals surface area contributed by atoms with E-state index in [1.54, 1.807) is 0 Å². The van der Waals surface area contributed by atoms with Crippen molar-refractivity contribution in [3.05, 3.63) is 24.3 Å². The molecule has 6 atom stereocenters. The molecule has 0 N–H and O–H groups in total. The van der Waals surface area contributed by atoms with Crippen LogP contribution in [0.2, 0.25) is 36.3 Å². The Hall–Kier alpha value is -0.187. The van der Waals surface area contributed by atoms with Crippen molar-refractivity contribution in [2.24, 2.45) is 11.8 Å². The van der Waals surface area contributed by atoms with Gasteiger partial charge < -0.3 is 0 Å². The number of carbonyl (C=O) groups is 2. The zero-order chi connectivity index (χ0) is 31.2. The summed E-state index contributed by atoms with van der Waals surface area (Å²) in [7, 11) is -4.04. The first-order chi connectivity index (χ1) is 17.9.